The lowest BCUT2D eigenvalue weighted by molar-refractivity contribution is 0.251. The van der Waals surface area contributed by atoms with E-state index in [1.54, 1.807) is 37.4 Å². The van der Waals surface area contributed by atoms with E-state index < -0.39 is 0 Å². The maximum absolute atomic E-state index is 11.9. The molecule has 0 spiro atoms. The van der Waals surface area contributed by atoms with Gasteiger partial charge in [0.05, 0.1) is 13.7 Å². The van der Waals surface area contributed by atoms with Crippen LogP contribution in [0.2, 0.25) is 0 Å². The van der Waals surface area contributed by atoms with E-state index in [2.05, 4.69) is 25.8 Å². The summed E-state index contributed by atoms with van der Waals surface area (Å²) in [4.78, 5) is 27.6. The van der Waals surface area contributed by atoms with Gasteiger partial charge in [-0.1, -0.05) is 0 Å². The van der Waals surface area contributed by atoms with Crippen LogP contribution in [0.15, 0.2) is 53.8 Å². The van der Waals surface area contributed by atoms with Crippen LogP contribution >= 0.6 is 0 Å². The Morgan fingerprint density at radius 2 is 2.00 bits per heavy atom. The van der Waals surface area contributed by atoms with Gasteiger partial charge in [-0.25, -0.2) is 19.1 Å². The van der Waals surface area contributed by atoms with Crippen molar-refractivity contribution in [3.05, 3.63) is 59.4 Å². The van der Waals surface area contributed by atoms with E-state index in [4.69, 9.17) is 4.74 Å². The zero-order valence-corrected chi connectivity index (χ0v) is 14.0. The summed E-state index contributed by atoms with van der Waals surface area (Å²) in [5.41, 5.74) is 0.359. The second kappa shape index (κ2) is 7.92. The number of carbonyl (C=O) groups excluding carboxylic acids is 1. The molecule has 0 unspecified atom stereocenters. The number of urea groups is 1. The van der Waals surface area contributed by atoms with Gasteiger partial charge in [-0.05, 0) is 30.3 Å². The first-order chi connectivity index (χ1) is 12.7. The van der Waals surface area contributed by atoms with Crippen molar-refractivity contribution in [1.29, 1.82) is 0 Å². The van der Waals surface area contributed by atoms with Crippen LogP contribution in [0.5, 0.6) is 5.75 Å². The molecule has 2 N–H and O–H groups in total. The topological polar surface area (TPSA) is 116 Å². The molecule has 0 aliphatic rings. The molecule has 0 saturated heterocycles. The van der Waals surface area contributed by atoms with Crippen LogP contribution in [0.1, 0.15) is 0 Å². The van der Waals surface area contributed by atoms with E-state index in [1.807, 2.05) is 0 Å². The van der Waals surface area contributed by atoms with Crippen LogP contribution in [0.25, 0.3) is 5.82 Å². The second-order valence-corrected chi connectivity index (χ2v) is 5.20. The molecular formula is C16H17N7O3. The van der Waals surface area contributed by atoms with Crippen LogP contribution in [0.3, 0.4) is 0 Å². The quantitative estimate of drug-likeness (QED) is 0.671. The first kappa shape index (κ1) is 17.1. The number of anilines is 1. The third kappa shape index (κ3) is 4.23. The van der Waals surface area contributed by atoms with Crippen molar-refractivity contribution in [1.82, 2.24) is 29.9 Å². The first-order valence-corrected chi connectivity index (χ1v) is 7.78. The van der Waals surface area contributed by atoms with E-state index in [0.717, 1.165) is 0 Å². The second-order valence-electron chi connectivity index (χ2n) is 5.20. The molecule has 134 valence electrons. The molecule has 2 heterocycles. The molecule has 0 saturated carbocycles. The molecule has 0 aliphatic heterocycles. The molecule has 0 aliphatic carbocycles. The summed E-state index contributed by atoms with van der Waals surface area (Å²) in [5, 5.41) is 13.5. The Bertz CT molecular complexity index is 920. The normalized spacial score (nSPS) is 10.3. The first-order valence-electron chi connectivity index (χ1n) is 7.78. The summed E-state index contributed by atoms with van der Waals surface area (Å²) >= 11 is 0. The number of hydrogen-bond donors (Lipinski definition) is 2. The Hall–Kier alpha value is -3.69. The highest BCUT2D eigenvalue weighted by molar-refractivity contribution is 5.89. The van der Waals surface area contributed by atoms with Crippen molar-refractivity contribution >= 4 is 11.7 Å². The summed E-state index contributed by atoms with van der Waals surface area (Å²) in [6.45, 7) is 0.451. The van der Waals surface area contributed by atoms with Crippen LogP contribution in [0.4, 0.5) is 10.5 Å². The number of amides is 2. The smallest absolute Gasteiger partial charge is 0.319 e. The van der Waals surface area contributed by atoms with E-state index in [0.29, 0.717) is 17.3 Å². The predicted molar refractivity (Wildman–Crippen MR) is 93.4 cm³/mol. The molecule has 3 rings (SSSR count). The Labute approximate surface area is 148 Å². The van der Waals surface area contributed by atoms with Crippen molar-refractivity contribution < 1.29 is 9.53 Å². The number of carbonyl (C=O) groups is 1. The molecule has 10 heteroatoms. The minimum absolute atomic E-state index is 0.220. The minimum Gasteiger partial charge on any atom is -0.497 e. The monoisotopic (exact) mass is 355 g/mol. The average molecular weight is 355 g/mol. The van der Waals surface area contributed by atoms with Gasteiger partial charge in [0.15, 0.2) is 5.82 Å². The fourth-order valence-electron chi connectivity index (χ4n) is 2.17. The Kier molecular flexibility index (Phi) is 5.22. The van der Waals surface area contributed by atoms with Gasteiger partial charge >= 0.3 is 6.03 Å². The molecule has 0 radical (unpaired) electrons. The zero-order chi connectivity index (χ0) is 18.4. The van der Waals surface area contributed by atoms with Gasteiger partial charge in [-0.2, -0.15) is 5.10 Å². The van der Waals surface area contributed by atoms with Crippen LogP contribution in [0, 0.1) is 0 Å². The molecule has 2 aromatic heterocycles. The zero-order valence-electron chi connectivity index (χ0n) is 14.0. The van der Waals surface area contributed by atoms with Gasteiger partial charge in [0.2, 0.25) is 0 Å². The highest BCUT2D eigenvalue weighted by Gasteiger charge is 2.05. The largest absolute Gasteiger partial charge is 0.497 e. The molecule has 10 nitrogen and oxygen atoms in total. The van der Waals surface area contributed by atoms with Gasteiger partial charge in [0.1, 0.15) is 18.4 Å². The highest BCUT2D eigenvalue weighted by Crippen LogP contribution is 2.14. The van der Waals surface area contributed by atoms with Gasteiger partial charge in [0, 0.05) is 18.3 Å². The van der Waals surface area contributed by atoms with E-state index in [1.165, 1.54) is 28.1 Å². The molecular weight excluding hydrogens is 338 g/mol. The number of nitrogens with zero attached hydrogens (tertiary/aromatic N) is 5. The summed E-state index contributed by atoms with van der Waals surface area (Å²) in [5.74, 6) is 1.17. The predicted octanol–water partition coefficient (Wildman–Crippen LogP) is 0.654. The van der Waals surface area contributed by atoms with Gasteiger partial charge in [-0.15, -0.1) is 5.10 Å². The fraction of sp³-hybridized carbons (Fsp3) is 0.188. The fourth-order valence-corrected chi connectivity index (χ4v) is 2.17. The third-order valence-electron chi connectivity index (χ3n) is 3.46. The number of benzene rings is 1. The lowest BCUT2D eigenvalue weighted by Gasteiger charge is -2.09. The third-order valence-corrected chi connectivity index (χ3v) is 3.46. The minimum atomic E-state index is -0.379. The van der Waals surface area contributed by atoms with Gasteiger partial charge < -0.3 is 15.4 Å². The summed E-state index contributed by atoms with van der Waals surface area (Å²) in [6.07, 6.45) is 2.86. The molecule has 26 heavy (non-hydrogen) atoms. The van der Waals surface area contributed by atoms with Crippen LogP contribution in [-0.2, 0) is 6.54 Å². The van der Waals surface area contributed by atoms with Crippen molar-refractivity contribution in [2.45, 2.75) is 6.54 Å². The Morgan fingerprint density at radius 3 is 2.69 bits per heavy atom. The average Bonchev–Trinajstić information content (AvgIpc) is 3.18. The van der Waals surface area contributed by atoms with Gasteiger partial charge in [0.25, 0.3) is 5.56 Å². The van der Waals surface area contributed by atoms with Crippen molar-refractivity contribution in [3.8, 4) is 11.6 Å². The van der Waals surface area contributed by atoms with Crippen LogP contribution in [-0.4, -0.2) is 44.2 Å². The number of aromatic nitrogens is 5. The maximum atomic E-state index is 11.9. The Morgan fingerprint density at radius 1 is 1.19 bits per heavy atom. The maximum Gasteiger partial charge on any atom is 0.319 e. The molecule has 3 aromatic rings. The number of rotatable bonds is 6. The summed E-state index contributed by atoms with van der Waals surface area (Å²) in [7, 11) is 1.57. The lowest BCUT2D eigenvalue weighted by atomic mass is 10.3. The van der Waals surface area contributed by atoms with E-state index >= 15 is 0 Å². The highest BCUT2D eigenvalue weighted by atomic mass is 16.5. The number of hydrogen-bond acceptors (Lipinski definition) is 6. The molecule has 0 fully saturated rings. The summed E-state index contributed by atoms with van der Waals surface area (Å²) < 4.78 is 7.76. The van der Waals surface area contributed by atoms with Crippen molar-refractivity contribution in [2.75, 3.05) is 19.0 Å². The standard InChI is InChI=1S/C16H17N7O3/c1-26-13-4-2-12(3-5-13)20-16(25)18-8-9-22-15(24)7-6-14(21-22)23-11-17-10-19-23/h2-7,10-11H,8-9H2,1H3,(H2,18,20,25). The van der Waals surface area contributed by atoms with Crippen molar-refractivity contribution in [2.24, 2.45) is 0 Å². The summed E-state index contributed by atoms with van der Waals surface area (Å²) in [6, 6.07) is 9.51. The van der Waals surface area contributed by atoms with E-state index in [9.17, 15) is 9.59 Å². The molecule has 2 amide bonds. The molecule has 0 bridgehead atoms. The van der Waals surface area contributed by atoms with E-state index in [-0.39, 0.29) is 24.7 Å². The lowest BCUT2D eigenvalue weighted by Crippen LogP contribution is -2.34. The molecule has 1 aromatic carbocycles. The Balaban J connectivity index is 1.54. The van der Waals surface area contributed by atoms with Crippen molar-refractivity contribution in [3.63, 3.8) is 0 Å². The van der Waals surface area contributed by atoms with Gasteiger partial charge in [-0.3, -0.25) is 4.79 Å². The number of ether oxygens (including phenoxy) is 1. The number of nitrogens with one attached hydrogen (secondary N) is 2. The number of methoxy groups -OCH3 is 1. The molecule has 0 atom stereocenters. The van der Waals surface area contributed by atoms with Crippen LogP contribution < -0.4 is 20.9 Å². The SMILES string of the molecule is COc1ccc(NC(=O)NCCn2nc(-n3cncn3)ccc2=O)cc1.